The van der Waals surface area contributed by atoms with E-state index in [4.69, 9.17) is 34.4 Å². The van der Waals surface area contributed by atoms with Crippen LogP contribution in [0.5, 0.6) is 5.75 Å². The maximum atomic E-state index is 14.7. The standard InChI is InChI=1S/C59H95N19O16S/c1-30(2)22-38-53(89)72-35(11-8-20-66-59(64)65)52(88)76-39(23-31(3)4)54(90)74-37(10-6-7-19-60)58(94)78-21-9-12-43(78)57(93)69-32(5)50(86)75-41(25-45(62)81)56(92)73-36(17-18-44(61)80)51(87)68-26-46(82)67-27-47(83)71-42(49(63)85)28-95-29-48(84)70-40(55(91)77-38)24-33-13-15-34(79)16-14-33/h13-16,30-32,35-43,79H,6-12,17-29,60H2,1-5H3,(H2,61,80)(H2,62,81)(H2,63,85)(H,67,82)(H,68,87)(H,69,93)(H,70,84)(H,71,83)(H,72,89)(H,73,92)(H,74,90)(H,75,86)(H,76,88)(H,77,91)(H4,64,65,66)/t32-,35-,36-,37-,38-,39-,40-,41-,42-,43-/m0/s1. The van der Waals surface area contributed by atoms with Gasteiger partial charge in [-0.1, -0.05) is 39.8 Å². The number of rotatable bonds is 20. The van der Waals surface area contributed by atoms with Crippen molar-refractivity contribution in [3.8, 4) is 5.75 Å². The Labute approximate surface area is 554 Å². The van der Waals surface area contributed by atoms with E-state index in [2.05, 4.69) is 63.5 Å². The molecule has 2 fully saturated rings. The second kappa shape index (κ2) is 40.7. The first-order valence-corrected chi connectivity index (χ1v) is 32.5. The van der Waals surface area contributed by atoms with E-state index < -0.39 is 187 Å². The maximum Gasteiger partial charge on any atom is 0.245 e. The Hall–Kier alpha value is -9.35. The number of phenols is 1. The Morgan fingerprint density at radius 1 is 0.579 bits per heavy atom. The Morgan fingerprint density at radius 2 is 1.12 bits per heavy atom. The third-order valence-electron chi connectivity index (χ3n) is 14.9. The van der Waals surface area contributed by atoms with Crippen LogP contribution in [0, 0.1) is 11.8 Å². The fraction of sp³-hybridized carbons (Fsp3) is 0.627. The van der Waals surface area contributed by atoms with Crippen molar-refractivity contribution in [1.82, 2.24) is 63.4 Å². The Kier molecular flexibility index (Phi) is 34.2. The van der Waals surface area contributed by atoms with Crippen LogP contribution in [-0.4, -0.2) is 209 Å². The molecular weight excluding hydrogens is 1260 g/mol. The number of carbonyl (C=O) groups excluding carboxylic acids is 15. The number of amides is 15. The van der Waals surface area contributed by atoms with Crippen molar-refractivity contribution in [1.29, 1.82) is 0 Å². The van der Waals surface area contributed by atoms with Gasteiger partial charge in [0, 0.05) is 31.7 Å². The van der Waals surface area contributed by atoms with E-state index in [1.165, 1.54) is 36.1 Å². The number of aliphatic imine (C=N–C) groups is 1. The molecule has 24 N–H and O–H groups in total. The van der Waals surface area contributed by atoms with Crippen LogP contribution in [0.15, 0.2) is 29.3 Å². The lowest BCUT2D eigenvalue weighted by Crippen LogP contribution is -2.60. The Morgan fingerprint density at radius 3 is 1.68 bits per heavy atom. The Balaban J connectivity index is 2.13. The number of nitrogens with two attached hydrogens (primary N) is 6. The summed E-state index contributed by atoms with van der Waals surface area (Å²) in [6, 6.07) is -8.63. The van der Waals surface area contributed by atoms with Gasteiger partial charge < -0.3 is 103 Å². The van der Waals surface area contributed by atoms with Crippen molar-refractivity contribution in [2.45, 2.75) is 179 Å². The minimum atomic E-state index is -1.80. The summed E-state index contributed by atoms with van der Waals surface area (Å²) in [6.07, 6.45) is -0.779. The van der Waals surface area contributed by atoms with E-state index in [9.17, 15) is 77.0 Å². The normalized spacial score (nSPS) is 24.6. The van der Waals surface area contributed by atoms with Crippen LogP contribution in [0.4, 0.5) is 0 Å². The molecule has 528 valence electrons. The lowest BCUT2D eigenvalue weighted by atomic mass is 9.99. The van der Waals surface area contributed by atoms with Gasteiger partial charge in [0.15, 0.2) is 5.96 Å². The molecule has 0 unspecified atom stereocenters. The van der Waals surface area contributed by atoms with Crippen molar-refractivity contribution < 1.29 is 77.0 Å². The lowest BCUT2D eigenvalue weighted by Gasteiger charge is -2.31. The number of phenolic OH excluding ortho intramolecular Hbond substituents is 1. The highest BCUT2D eigenvalue weighted by Crippen LogP contribution is 2.21. The fourth-order valence-corrected chi connectivity index (χ4v) is 10.9. The topological polar surface area (TPSA) is 580 Å². The lowest BCUT2D eigenvalue weighted by molar-refractivity contribution is -0.142. The van der Waals surface area contributed by atoms with Gasteiger partial charge in [0.25, 0.3) is 0 Å². The molecule has 15 amide bonds. The second-order valence-corrected chi connectivity index (χ2v) is 25.0. The van der Waals surface area contributed by atoms with E-state index in [1.54, 1.807) is 27.7 Å². The summed E-state index contributed by atoms with van der Waals surface area (Å²) in [7, 11) is 0. The first-order valence-electron chi connectivity index (χ1n) is 31.3. The van der Waals surface area contributed by atoms with Crippen LogP contribution in [0.1, 0.15) is 117 Å². The molecule has 0 bridgehead atoms. The van der Waals surface area contributed by atoms with Gasteiger partial charge in [-0.05, 0) is 107 Å². The minimum Gasteiger partial charge on any atom is -0.508 e. The average Bonchev–Trinajstić information content (AvgIpc) is 1.76. The molecule has 35 nitrogen and oxygen atoms in total. The highest BCUT2D eigenvalue weighted by atomic mass is 32.2. The highest BCUT2D eigenvalue weighted by molar-refractivity contribution is 8.00. The van der Waals surface area contributed by atoms with Crippen molar-refractivity contribution in [2.24, 2.45) is 51.2 Å². The molecule has 2 saturated heterocycles. The molecule has 0 aliphatic carbocycles. The number of fused-ring (bicyclic) bond motifs is 1. The first-order chi connectivity index (χ1) is 44.8. The molecule has 2 aliphatic heterocycles. The number of hydrogen-bond donors (Lipinski definition) is 18. The van der Waals surface area contributed by atoms with Crippen LogP contribution in [0.25, 0.3) is 0 Å². The fourth-order valence-electron chi connectivity index (χ4n) is 9.99. The zero-order valence-corrected chi connectivity index (χ0v) is 55.0. The van der Waals surface area contributed by atoms with Crippen LogP contribution < -0.4 is 92.9 Å². The number of benzene rings is 1. The van der Waals surface area contributed by atoms with Gasteiger partial charge in [0.05, 0.1) is 25.3 Å². The van der Waals surface area contributed by atoms with Crippen LogP contribution in [-0.2, 0) is 78.3 Å². The van der Waals surface area contributed by atoms with Crippen molar-refractivity contribution in [3.63, 3.8) is 0 Å². The summed E-state index contributed by atoms with van der Waals surface area (Å²) in [5, 5.41) is 37.5. The molecule has 0 saturated carbocycles. The number of nitrogens with one attached hydrogen (secondary N) is 11. The molecular formula is C59H95N19O16S. The maximum absolute atomic E-state index is 14.7. The van der Waals surface area contributed by atoms with Gasteiger partial charge in [-0.15, -0.1) is 11.8 Å². The van der Waals surface area contributed by atoms with Gasteiger partial charge in [0.1, 0.15) is 66.2 Å². The summed E-state index contributed by atoms with van der Waals surface area (Å²) in [5.74, 6) is -15.5. The van der Waals surface area contributed by atoms with Gasteiger partial charge in [-0.3, -0.25) is 76.9 Å². The summed E-state index contributed by atoms with van der Waals surface area (Å²) < 4.78 is 0. The van der Waals surface area contributed by atoms with Crippen molar-refractivity contribution in [3.05, 3.63) is 29.8 Å². The third kappa shape index (κ3) is 29.7. The number of guanidine groups is 1. The van der Waals surface area contributed by atoms with Gasteiger partial charge in [-0.2, -0.15) is 0 Å². The second-order valence-electron chi connectivity index (χ2n) is 24.0. The van der Waals surface area contributed by atoms with Crippen LogP contribution in [0.3, 0.4) is 0 Å². The quantitative estimate of drug-likeness (QED) is 0.0328. The van der Waals surface area contributed by atoms with Crippen molar-refractivity contribution in [2.75, 3.05) is 44.2 Å². The molecule has 10 atom stereocenters. The molecule has 0 spiro atoms. The number of nitrogens with zero attached hydrogens (tertiary/aromatic N) is 2. The number of carbonyl (C=O) groups is 15. The molecule has 1 aromatic rings. The third-order valence-corrected chi connectivity index (χ3v) is 15.9. The zero-order valence-electron chi connectivity index (χ0n) is 54.2. The highest BCUT2D eigenvalue weighted by Gasteiger charge is 2.41. The van der Waals surface area contributed by atoms with Crippen LogP contribution >= 0.6 is 11.8 Å². The van der Waals surface area contributed by atoms with Gasteiger partial charge in [0.2, 0.25) is 88.6 Å². The van der Waals surface area contributed by atoms with Crippen molar-refractivity contribution >= 4 is 106 Å². The zero-order chi connectivity index (χ0) is 71.1. The number of thioether (sulfide) groups is 1. The molecule has 2 aliphatic rings. The van der Waals surface area contributed by atoms with E-state index in [0.717, 1.165) is 11.8 Å². The Bertz CT molecular complexity index is 2920. The molecule has 2 heterocycles. The summed E-state index contributed by atoms with van der Waals surface area (Å²) in [6.45, 7) is 6.98. The van der Waals surface area contributed by atoms with E-state index in [0.29, 0.717) is 24.8 Å². The summed E-state index contributed by atoms with van der Waals surface area (Å²) in [4.78, 5) is 209. The summed E-state index contributed by atoms with van der Waals surface area (Å²) >= 11 is 0.814. The SMILES string of the molecule is CC(C)C[C@@H]1NC(=O)[C@H](Cc2ccc(O)cc2)NC(=O)CSC[C@@H](C(N)=O)NC(=O)CNC(=O)CNC(=O)[C@H](CCC(N)=O)NC(=O)[C@H](CC(N)=O)NC(=O)[C@H](C)NC(=O)[C@@H]2CCCN2C(=O)[C@H](CCCCN)NC(=O)[C@H](CC(C)C)NC(=O)[C@H](CCCN=C(N)N)NC1=O. The monoisotopic (exact) mass is 1360 g/mol. The number of unbranched alkanes of at least 4 members (excludes halogenated alkanes) is 1. The molecule has 0 radical (unpaired) electrons. The average molecular weight is 1360 g/mol. The van der Waals surface area contributed by atoms with E-state index >= 15 is 0 Å². The number of hydrogen-bond acceptors (Lipinski definition) is 19. The molecule has 1 aromatic carbocycles. The van der Waals surface area contributed by atoms with Gasteiger partial charge in [-0.25, -0.2) is 0 Å². The largest absolute Gasteiger partial charge is 0.508 e. The number of aromatic hydroxyl groups is 1. The predicted octanol–water partition coefficient (Wildman–Crippen LogP) is -6.81. The number of primary amides is 3. The van der Waals surface area contributed by atoms with E-state index in [-0.39, 0.29) is 93.9 Å². The van der Waals surface area contributed by atoms with Crippen LogP contribution in [0.2, 0.25) is 0 Å². The van der Waals surface area contributed by atoms with Gasteiger partial charge >= 0.3 is 0 Å². The first kappa shape index (κ1) is 79.9. The molecule has 3 rings (SSSR count). The van der Waals surface area contributed by atoms with E-state index in [1.807, 2.05) is 0 Å². The molecule has 0 aromatic heterocycles. The smallest absolute Gasteiger partial charge is 0.245 e. The minimum absolute atomic E-state index is 0.000760. The molecule has 95 heavy (non-hydrogen) atoms. The predicted molar refractivity (Wildman–Crippen MR) is 346 cm³/mol. The molecule has 36 heteroatoms. The summed E-state index contributed by atoms with van der Waals surface area (Å²) in [5.41, 5.74) is 33.8.